The number of aliphatic hydroxyl groups excluding tert-OH is 1. The van der Waals surface area contributed by atoms with Gasteiger partial charge in [-0.25, -0.2) is 0 Å². The first-order chi connectivity index (χ1) is 9.13. The molecule has 1 aromatic rings. The normalized spacial score (nSPS) is 17.5. The summed E-state index contributed by atoms with van der Waals surface area (Å²) in [5.41, 5.74) is 2.93. The Morgan fingerprint density at radius 3 is 2.26 bits per heavy atom. The molecule has 1 aliphatic carbocycles. The van der Waals surface area contributed by atoms with Crippen LogP contribution in [0.4, 0.5) is 0 Å². The van der Waals surface area contributed by atoms with Gasteiger partial charge in [-0.05, 0) is 36.3 Å². The Kier molecular flexibility index (Phi) is 5.00. The summed E-state index contributed by atoms with van der Waals surface area (Å²) in [4.78, 5) is 0. The highest BCUT2D eigenvalue weighted by atomic mass is 16.3. The molecule has 1 aromatic carbocycles. The van der Waals surface area contributed by atoms with Crippen LogP contribution in [-0.2, 0) is 13.0 Å². The Hall–Kier alpha value is -0.860. The number of nitrogens with one attached hydrogen (secondary N) is 1. The van der Waals surface area contributed by atoms with Gasteiger partial charge < -0.3 is 10.4 Å². The summed E-state index contributed by atoms with van der Waals surface area (Å²) in [6, 6.07) is 8.92. The van der Waals surface area contributed by atoms with Gasteiger partial charge in [0.25, 0.3) is 0 Å². The van der Waals surface area contributed by atoms with Crippen molar-refractivity contribution in [2.75, 3.05) is 13.2 Å². The van der Waals surface area contributed by atoms with Gasteiger partial charge in [0.1, 0.15) is 0 Å². The van der Waals surface area contributed by atoms with Crippen molar-refractivity contribution in [3.63, 3.8) is 0 Å². The van der Waals surface area contributed by atoms with Crippen LogP contribution < -0.4 is 5.32 Å². The highest BCUT2D eigenvalue weighted by molar-refractivity contribution is 5.22. The molecule has 19 heavy (non-hydrogen) atoms. The summed E-state index contributed by atoms with van der Waals surface area (Å²) in [7, 11) is 0. The number of aliphatic hydroxyl groups is 1. The predicted octanol–water partition coefficient (Wildman–Crippen LogP) is 3.14. The fourth-order valence-corrected chi connectivity index (χ4v) is 2.80. The molecule has 0 amide bonds. The van der Waals surface area contributed by atoms with E-state index in [0.29, 0.717) is 12.5 Å². The van der Waals surface area contributed by atoms with E-state index in [9.17, 15) is 5.11 Å². The van der Waals surface area contributed by atoms with E-state index in [0.717, 1.165) is 19.5 Å². The minimum atomic E-state index is 0.178. The van der Waals surface area contributed by atoms with E-state index in [1.54, 1.807) is 0 Å². The standard InChI is InChI=1S/C17H27NO/c1-14(2)10-15-4-6-16(7-5-15)11-18-12-17(13-19)8-3-9-17/h4-7,14,18-19H,3,8-13H2,1-2H3. The van der Waals surface area contributed by atoms with Crippen LogP contribution in [0, 0.1) is 11.3 Å². The van der Waals surface area contributed by atoms with Gasteiger partial charge in [-0.3, -0.25) is 0 Å². The first-order valence-corrected chi connectivity index (χ1v) is 7.53. The monoisotopic (exact) mass is 261 g/mol. The lowest BCUT2D eigenvalue weighted by atomic mass is 9.69. The van der Waals surface area contributed by atoms with Gasteiger partial charge in [-0.1, -0.05) is 44.5 Å². The molecule has 0 spiro atoms. The molecule has 2 N–H and O–H groups in total. The van der Waals surface area contributed by atoms with Crippen molar-refractivity contribution in [3.05, 3.63) is 35.4 Å². The Labute approximate surface area is 117 Å². The van der Waals surface area contributed by atoms with Gasteiger partial charge in [-0.2, -0.15) is 0 Å². The first kappa shape index (κ1) is 14.5. The molecule has 1 saturated carbocycles. The average Bonchev–Trinajstić information content (AvgIpc) is 2.34. The maximum absolute atomic E-state index is 9.41. The second kappa shape index (κ2) is 6.53. The van der Waals surface area contributed by atoms with Crippen LogP contribution in [0.3, 0.4) is 0 Å². The van der Waals surface area contributed by atoms with E-state index in [1.165, 1.54) is 30.4 Å². The Morgan fingerprint density at radius 2 is 1.79 bits per heavy atom. The second-order valence-corrected chi connectivity index (χ2v) is 6.53. The van der Waals surface area contributed by atoms with Gasteiger partial charge in [0.15, 0.2) is 0 Å². The van der Waals surface area contributed by atoms with E-state index >= 15 is 0 Å². The van der Waals surface area contributed by atoms with Crippen LogP contribution in [0.1, 0.15) is 44.2 Å². The number of hydrogen-bond donors (Lipinski definition) is 2. The lowest BCUT2D eigenvalue weighted by Crippen LogP contribution is -2.42. The molecule has 2 heteroatoms. The third-order valence-electron chi connectivity index (χ3n) is 4.25. The van der Waals surface area contributed by atoms with Gasteiger partial charge in [0.2, 0.25) is 0 Å². The van der Waals surface area contributed by atoms with Crippen molar-refractivity contribution < 1.29 is 5.11 Å². The van der Waals surface area contributed by atoms with Crippen LogP contribution in [0.15, 0.2) is 24.3 Å². The van der Waals surface area contributed by atoms with E-state index in [2.05, 4.69) is 43.4 Å². The van der Waals surface area contributed by atoms with Gasteiger partial charge in [0.05, 0.1) is 0 Å². The molecule has 0 aromatic heterocycles. The smallest absolute Gasteiger partial charge is 0.0499 e. The van der Waals surface area contributed by atoms with E-state index < -0.39 is 0 Å². The highest BCUT2D eigenvalue weighted by Gasteiger charge is 2.35. The summed E-state index contributed by atoms with van der Waals surface area (Å²) in [6.45, 7) is 6.68. The summed E-state index contributed by atoms with van der Waals surface area (Å²) in [6.07, 6.45) is 4.77. The molecule has 0 radical (unpaired) electrons. The van der Waals surface area contributed by atoms with Gasteiger partial charge >= 0.3 is 0 Å². The number of benzene rings is 1. The van der Waals surface area contributed by atoms with Crippen molar-refractivity contribution in [1.82, 2.24) is 5.32 Å². The molecule has 1 fully saturated rings. The SMILES string of the molecule is CC(C)Cc1ccc(CNCC2(CO)CCC2)cc1. The fourth-order valence-electron chi connectivity index (χ4n) is 2.80. The van der Waals surface area contributed by atoms with Gasteiger partial charge in [0, 0.05) is 25.1 Å². The maximum Gasteiger partial charge on any atom is 0.0499 e. The van der Waals surface area contributed by atoms with E-state index in [1.807, 2.05) is 0 Å². The Balaban J connectivity index is 1.76. The zero-order valence-electron chi connectivity index (χ0n) is 12.3. The largest absolute Gasteiger partial charge is 0.396 e. The molecular weight excluding hydrogens is 234 g/mol. The molecule has 0 unspecified atom stereocenters. The summed E-state index contributed by atoms with van der Waals surface area (Å²) in [5, 5.41) is 12.9. The maximum atomic E-state index is 9.41. The first-order valence-electron chi connectivity index (χ1n) is 7.53. The van der Waals surface area contributed by atoms with Crippen LogP contribution in [-0.4, -0.2) is 18.3 Å². The van der Waals surface area contributed by atoms with Crippen molar-refractivity contribution >= 4 is 0 Å². The zero-order chi connectivity index (χ0) is 13.7. The van der Waals surface area contributed by atoms with Gasteiger partial charge in [-0.15, -0.1) is 0 Å². The molecule has 2 nitrogen and oxygen atoms in total. The van der Waals surface area contributed by atoms with Crippen LogP contribution >= 0.6 is 0 Å². The molecule has 0 atom stereocenters. The molecule has 0 aliphatic heterocycles. The van der Waals surface area contributed by atoms with Crippen molar-refractivity contribution in [2.24, 2.45) is 11.3 Å². The third kappa shape index (κ3) is 4.05. The summed E-state index contributed by atoms with van der Waals surface area (Å²) >= 11 is 0. The average molecular weight is 261 g/mol. The minimum absolute atomic E-state index is 0.178. The van der Waals surface area contributed by atoms with Crippen molar-refractivity contribution in [2.45, 2.75) is 46.1 Å². The minimum Gasteiger partial charge on any atom is -0.396 e. The molecule has 0 bridgehead atoms. The van der Waals surface area contributed by atoms with Crippen LogP contribution in [0.2, 0.25) is 0 Å². The molecular formula is C17H27NO. The fraction of sp³-hybridized carbons (Fsp3) is 0.647. The third-order valence-corrected chi connectivity index (χ3v) is 4.25. The molecule has 0 heterocycles. The lowest BCUT2D eigenvalue weighted by molar-refractivity contribution is 0.0445. The second-order valence-electron chi connectivity index (χ2n) is 6.53. The quantitative estimate of drug-likeness (QED) is 0.790. The van der Waals surface area contributed by atoms with Crippen LogP contribution in [0.5, 0.6) is 0 Å². The molecule has 106 valence electrons. The van der Waals surface area contributed by atoms with Crippen molar-refractivity contribution in [3.8, 4) is 0 Å². The molecule has 0 saturated heterocycles. The molecule has 1 aliphatic rings. The number of rotatable bonds is 7. The number of hydrogen-bond acceptors (Lipinski definition) is 2. The summed E-state index contributed by atoms with van der Waals surface area (Å²) in [5.74, 6) is 0.715. The highest BCUT2D eigenvalue weighted by Crippen LogP contribution is 2.39. The summed E-state index contributed by atoms with van der Waals surface area (Å²) < 4.78 is 0. The molecule has 2 rings (SSSR count). The van der Waals surface area contributed by atoms with Crippen LogP contribution in [0.25, 0.3) is 0 Å². The van der Waals surface area contributed by atoms with E-state index in [-0.39, 0.29) is 5.41 Å². The zero-order valence-corrected chi connectivity index (χ0v) is 12.3. The Bertz CT molecular complexity index is 373. The lowest BCUT2D eigenvalue weighted by Gasteiger charge is -2.40. The predicted molar refractivity (Wildman–Crippen MR) is 80.1 cm³/mol. The Morgan fingerprint density at radius 1 is 1.16 bits per heavy atom. The van der Waals surface area contributed by atoms with Crippen molar-refractivity contribution in [1.29, 1.82) is 0 Å². The topological polar surface area (TPSA) is 32.3 Å². The van der Waals surface area contributed by atoms with E-state index in [4.69, 9.17) is 0 Å².